The second kappa shape index (κ2) is 11.7. The first-order chi connectivity index (χ1) is 18.6. The van der Waals surface area contributed by atoms with Crippen LogP contribution in [0.5, 0.6) is 5.75 Å². The van der Waals surface area contributed by atoms with Gasteiger partial charge in [0.1, 0.15) is 5.75 Å². The van der Waals surface area contributed by atoms with Crippen LogP contribution in [0, 0.1) is 0 Å². The number of anilines is 4. The van der Waals surface area contributed by atoms with Gasteiger partial charge in [0, 0.05) is 68.5 Å². The van der Waals surface area contributed by atoms with E-state index in [9.17, 15) is 4.79 Å². The fraction of sp³-hybridized carbons (Fsp3) is 0.233. The summed E-state index contributed by atoms with van der Waals surface area (Å²) in [5.74, 6) is 1.34. The van der Waals surface area contributed by atoms with Crippen molar-refractivity contribution in [2.75, 3.05) is 48.8 Å². The summed E-state index contributed by atoms with van der Waals surface area (Å²) < 4.78 is 5.36. The molecule has 1 aliphatic heterocycles. The van der Waals surface area contributed by atoms with Gasteiger partial charge in [-0.1, -0.05) is 30.3 Å². The third-order valence-electron chi connectivity index (χ3n) is 6.54. The molecular formula is C30H32N6O2. The summed E-state index contributed by atoms with van der Waals surface area (Å²) >= 11 is 0. The first-order valence-electron chi connectivity index (χ1n) is 12.7. The molecule has 2 N–H and O–H groups in total. The van der Waals surface area contributed by atoms with E-state index in [1.807, 2.05) is 48.5 Å². The zero-order valence-electron chi connectivity index (χ0n) is 21.7. The number of rotatable bonds is 8. The highest BCUT2D eigenvalue weighted by atomic mass is 16.5. The molecule has 0 saturated carbocycles. The van der Waals surface area contributed by atoms with Crippen LogP contribution in [0.2, 0.25) is 0 Å². The number of aromatic nitrogens is 2. The summed E-state index contributed by atoms with van der Waals surface area (Å²) in [7, 11) is 1.71. The van der Waals surface area contributed by atoms with E-state index in [4.69, 9.17) is 9.72 Å². The lowest BCUT2D eigenvalue weighted by Crippen LogP contribution is -2.45. The summed E-state index contributed by atoms with van der Waals surface area (Å²) in [6.45, 7) is 6.36. The highest BCUT2D eigenvalue weighted by molar-refractivity contribution is 5.88. The fourth-order valence-electron chi connectivity index (χ4n) is 4.61. The van der Waals surface area contributed by atoms with Gasteiger partial charge in [0.2, 0.25) is 11.9 Å². The predicted molar refractivity (Wildman–Crippen MR) is 152 cm³/mol. The van der Waals surface area contributed by atoms with E-state index in [0.29, 0.717) is 5.95 Å². The SMILES string of the molecule is COc1cccc(CN2CCN(c3cccc(Nc4nccc(-c5ccc(NC(C)=O)cc5)n4)c3)CC2)c1. The fourth-order valence-corrected chi connectivity index (χ4v) is 4.61. The molecule has 0 spiro atoms. The molecule has 0 atom stereocenters. The Hall–Kier alpha value is -4.43. The maximum absolute atomic E-state index is 11.3. The zero-order chi connectivity index (χ0) is 26.3. The minimum atomic E-state index is -0.0939. The van der Waals surface area contributed by atoms with E-state index in [1.165, 1.54) is 18.2 Å². The molecule has 1 saturated heterocycles. The molecule has 1 fully saturated rings. The Bertz CT molecular complexity index is 1380. The Morgan fingerprint density at radius 2 is 1.71 bits per heavy atom. The van der Waals surface area contributed by atoms with Crippen LogP contribution in [-0.2, 0) is 11.3 Å². The normalized spacial score (nSPS) is 13.7. The van der Waals surface area contributed by atoms with Crippen LogP contribution < -0.4 is 20.3 Å². The average molecular weight is 509 g/mol. The summed E-state index contributed by atoms with van der Waals surface area (Å²) in [4.78, 5) is 25.3. The van der Waals surface area contributed by atoms with E-state index in [2.05, 4.69) is 55.7 Å². The molecule has 0 bridgehead atoms. The Morgan fingerprint density at radius 1 is 0.921 bits per heavy atom. The van der Waals surface area contributed by atoms with Crippen LogP contribution in [0.1, 0.15) is 12.5 Å². The number of ether oxygens (including phenoxy) is 1. The van der Waals surface area contributed by atoms with Crippen LogP contribution in [-0.4, -0.2) is 54.1 Å². The van der Waals surface area contributed by atoms with E-state index in [-0.39, 0.29) is 5.91 Å². The average Bonchev–Trinajstić information content (AvgIpc) is 2.94. The van der Waals surface area contributed by atoms with Gasteiger partial charge < -0.3 is 20.3 Å². The molecule has 194 valence electrons. The Morgan fingerprint density at radius 3 is 2.47 bits per heavy atom. The summed E-state index contributed by atoms with van der Waals surface area (Å²) in [5.41, 5.74) is 5.91. The molecule has 3 aromatic carbocycles. The number of nitrogens with zero attached hydrogens (tertiary/aromatic N) is 4. The van der Waals surface area contributed by atoms with Gasteiger partial charge >= 0.3 is 0 Å². The zero-order valence-corrected chi connectivity index (χ0v) is 21.7. The summed E-state index contributed by atoms with van der Waals surface area (Å²) in [5, 5.41) is 6.14. The monoisotopic (exact) mass is 508 g/mol. The molecule has 8 heteroatoms. The lowest BCUT2D eigenvalue weighted by atomic mass is 10.1. The Labute approximate surface area is 223 Å². The van der Waals surface area contributed by atoms with E-state index >= 15 is 0 Å². The van der Waals surface area contributed by atoms with Crippen molar-refractivity contribution in [2.45, 2.75) is 13.5 Å². The van der Waals surface area contributed by atoms with Crippen molar-refractivity contribution in [1.29, 1.82) is 0 Å². The number of amides is 1. The number of nitrogens with one attached hydrogen (secondary N) is 2. The third kappa shape index (κ3) is 6.46. The largest absolute Gasteiger partial charge is 0.497 e. The minimum Gasteiger partial charge on any atom is -0.497 e. The van der Waals surface area contributed by atoms with Crippen molar-refractivity contribution in [3.63, 3.8) is 0 Å². The molecule has 2 heterocycles. The van der Waals surface area contributed by atoms with Crippen LogP contribution in [0.4, 0.5) is 23.0 Å². The number of hydrogen-bond donors (Lipinski definition) is 2. The van der Waals surface area contributed by atoms with Crippen LogP contribution in [0.15, 0.2) is 85.1 Å². The first-order valence-corrected chi connectivity index (χ1v) is 12.7. The number of hydrogen-bond acceptors (Lipinski definition) is 7. The van der Waals surface area contributed by atoms with Gasteiger partial charge in [0.15, 0.2) is 0 Å². The Kier molecular flexibility index (Phi) is 7.80. The molecule has 1 amide bonds. The molecule has 38 heavy (non-hydrogen) atoms. The molecule has 1 aliphatic rings. The predicted octanol–water partition coefficient (Wildman–Crippen LogP) is 5.18. The molecule has 8 nitrogen and oxygen atoms in total. The van der Waals surface area contributed by atoms with Crippen molar-refractivity contribution >= 4 is 28.9 Å². The van der Waals surface area contributed by atoms with E-state index < -0.39 is 0 Å². The molecule has 0 radical (unpaired) electrons. The van der Waals surface area contributed by atoms with Crippen LogP contribution >= 0.6 is 0 Å². The maximum atomic E-state index is 11.3. The van der Waals surface area contributed by atoms with Crippen LogP contribution in [0.25, 0.3) is 11.3 Å². The molecular weight excluding hydrogens is 476 g/mol. The lowest BCUT2D eigenvalue weighted by molar-refractivity contribution is -0.114. The second-order valence-electron chi connectivity index (χ2n) is 9.31. The number of piperazine rings is 1. The lowest BCUT2D eigenvalue weighted by Gasteiger charge is -2.36. The molecule has 4 aromatic rings. The quantitative estimate of drug-likeness (QED) is 0.340. The van der Waals surface area contributed by atoms with E-state index in [1.54, 1.807) is 13.3 Å². The first kappa shape index (κ1) is 25.2. The van der Waals surface area contributed by atoms with Gasteiger partial charge in [-0.05, 0) is 54.1 Å². The van der Waals surface area contributed by atoms with Gasteiger partial charge in [0.05, 0.1) is 12.8 Å². The van der Waals surface area contributed by atoms with Crippen molar-refractivity contribution in [3.8, 4) is 17.0 Å². The number of benzene rings is 3. The number of carbonyl (C=O) groups excluding carboxylic acids is 1. The third-order valence-corrected chi connectivity index (χ3v) is 6.54. The minimum absolute atomic E-state index is 0.0939. The topological polar surface area (TPSA) is 82.6 Å². The Balaban J connectivity index is 1.20. The summed E-state index contributed by atoms with van der Waals surface area (Å²) in [6, 6.07) is 26.2. The number of methoxy groups -OCH3 is 1. The maximum Gasteiger partial charge on any atom is 0.227 e. The van der Waals surface area contributed by atoms with Gasteiger partial charge in [-0.2, -0.15) is 0 Å². The van der Waals surface area contributed by atoms with Gasteiger partial charge in [-0.15, -0.1) is 0 Å². The molecule has 1 aromatic heterocycles. The second-order valence-corrected chi connectivity index (χ2v) is 9.31. The number of carbonyl (C=O) groups is 1. The highest BCUT2D eigenvalue weighted by Gasteiger charge is 2.18. The van der Waals surface area contributed by atoms with Gasteiger partial charge in [-0.25, -0.2) is 9.97 Å². The van der Waals surface area contributed by atoms with Crippen molar-refractivity contribution in [3.05, 3.63) is 90.6 Å². The standard InChI is InChI=1S/C30H32N6O2/c1-22(37)32-25-11-9-24(10-12-25)29-13-14-31-30(34-29)33-26-6-4-7-27(20-26)36-17-15-35(16-18-36)21-23-5-3-8-28(19-23)38-2/h3-14,19-20H,15-18,21H2,1-2H3,(H,32,37)(H,31,33,34). The van der Waals surface area contributed by atoms with Crippen molar-refractivity contribution in [2.24, 2.45) is 0 Å². The van der Waals surface area contributed by atoms with Crippen molar-refractivity contribution < 1.29 is 9.53 Å². The van der Waals surface area contributed by atoms with Crippen molar-refractivity contribution in [1.82, 2.24) is 14.9 Å². The van der Waals surface area contributed by atoms with E-state index in [0.717, 1.165) is 61.1 Å². The highest BCUT2D eigenvalue weighted by Crippen LogP contribution is 2.25. The van der Waals surface area contributed by atoms with Gasteiger partial charge in [0.25, 0.3) is 0 Å². The van der Waals surface area contributed by atoms with Crippen LogP contribution in [0.3, 0.4) is 0 Å². The molecule has 0 aliphatic carbocycles. The smallest absolute Gasteiger partial charge is 0.227 e. The molecule has 5 rings (SSSR count). The summed E-state index contributed by atoms with van der Waals surface area (Å²) in [6.07, 6.45) is 1.75. The molecule has 0 unspecified atom stereocenters. The van der Waals surface area contributed by atoms with Gasteiger partial charge in [-0.3, -0.25) is 9.69 Å².